The zero-order valence-corrected chi connectivity index (χ0v) is 14.9. The summed E-state index contributed by atoms with van der Waals surface area (Å²) < 4.78 is 59.9. The van der Waals surface area contributed by atoms with E-state index >= 15 is 0 Å². The molecule has 2 aromatic carbocycles. The molecule has 11 heteroatoms. The predicted octanol–water partition coefficient (Wildman–Crippen LogP) is 3.45. The van der Waals surface area contributed by atoms with Crippen LogP contribution in [0, 0.1) is 5.82 Å². The number of hydrogen-bond donors (Lipinski definition) is 2. The van der Waals surface area contributed by atoms with E-state index in [1.807, 2.05) is 0 Å². The molecule has 0 aliphatic rings. The first-order valence-corrected chi connectivity index (χ1v) is 8.15. The first-order chi connectivity index (χ1) is 13.8. The Morgan fingerprint density at radius 2 is 1.93 bits per heavy atom. The Morgan fingerprint density at radius 1 is 1.17 bits per heavy atom. The number of alkyl halides is 3. The summed E-state index contributed by atoms with van der Waals surface area (Å²) >= 11 is 0. The monoisotopic (exact) mass is 410 g/mol. The van der Waals surface area contributed by atoms with Crippen molar-refractivity contribution in [3.05, 3.63) is 59.7 Å². The van der Waals surface area contributed by atoms with E-state index in [9.17, 15) is 22.4 Å². The van der Waals surface area contributed by atoms with Crippen molar-refractivity contribution in [3.63, 3.8) is 0 Å². The van der Waals surface area contributed by atoms with Crippen molar-refractivity contribution in [2.24, 2.45) is 0 Å². The smallest absolute Gasteiger partial charge is 0.496 e. The lowest BCUT2D eigenvalue weighted by Crippen LogP contribution is -2.26. The largest absolute Gasteiger partial charge is 0.573 e. The van der Waals surface area contributed by atoms with Gasteiger partial charge in [-0.05, 0) is 30.3 Å². The number of aromatic amines is 1. The molecule has 29 heavy (non-hydrogen) atoms. The highest BCUT2D eigenvalue weighted by atomic mass is 19.4. The summed E-state index contributed by atoms with van der Waals surface area (Å²) in [6, 6.07) is 8.78. The molecule has 152 valence electrons. The second-order valence-corrected chi connectivity index (χ2v) is 5.67. The molecule has 0 radical (unpaired) electrons. The Hall–Kier alpha value is -3.63. The van der Waals surface area contributed by atoms with Gasteiger partial charge in [0, 0.05) is 0 Å². The number of para-hydroxylation sites is 1. The highest BCUT2D eigenvalue weighted by molar-refractivity contribution is 5.96. The Labute approximate surface area is 161 Å². The maximum atomic E-state index is 13.5. The summed E-state index contributed by atoms with van der Waals surface area (Å²) in [7, 11) is 1.41. The summed E-state index contributed by atoms with van der Waals surface area (Å²) in [5.41, 5.74) is 0.0221. The Balaban J connectivity index is 1.73. The molecule has 3 rings (SSSR count). The van der Waals surface area contributed by atoms with Gasteiger partial charge in [0.1, 0.15) is 17.3 Å². The van der Waals surface area contributed by atoms with Crippen LogP contribution in [0.2, 0.25) is 0 Å². The van der Waals surface area contributed by atoms with E-state index in [1.165, 1.54) is 43.5 Å². The fraction of sp³-hybridized carbons (Fsp3) is 0.167. The minimum absolute atomic E-state index is 0.133. The van der Waals surface area contributed by atoms with Gasteiger partial charge in [-0.1, -0.05) is 12.1 Å². The van der Waals surface area contributed by atoms with Crippen molar-refractivity contribution in [1.82, 2.24) is 20.5 Å². The molecule has 7 nitrogen and oxygen atoms in total. The third-order valence-corrected chi connectivity index (χ3v) is 3.71. The van der Waals surface area contributed by atoms with Gasteiger partial charge < -0.3 is 14.8 Å². The molecule has 0 spiro atoms. The second-order valence-electron chi connectivity index (χ2n) is 5.67. The van der Waals surface area contributed by atoms with Gasteiger partial charge in [0.2, 0.25) is 0 Å². The predicted molar refractivity (Wildman–Crippen MR) is 92.6 cm³/mol. The lowest BCUT2D eigenvalue weighted by Gasteiger charge is -2.12. The molecule has 0 fully saturated rings. The number of carbonyl (C=O) groups is 1. The average molecular weight is 410 g/mol. The molecule has 2 N–H and O–H groups in total. The molecule has 0 aliphatic carbocycles. The van der Waals surface area contributed by atoms with Crippen LogP contribution < -0.4 is 14.8 Å². The minimum Gasteiger partial charge on any atom is -0.496 e. The van der Waals surface area contributed by atoms with Crippen LogP contribution in [0.1, 0.15) is 16.2 Å². The van der Waals surface area contributed by atoms with Crippen LogP contribution in [0.3, 0.4) is 0 Å². The van der Waals surface area contributed by atoms with E-state index in [2.05, 4.69) is 25.2 Å². The molecule has 3 aromatic rings. The van der Waals surface area contributed by atoms with Crippen LogP contribution in [0.4, 0.5) is 17.6 Å². The quantitative estimate of drug-likeness (QED) is 0.608. The summed E-state index contributed by atoms with van der Waals surface area (Å²) in [5.74, 6) is -1.25. The van der Waals surface area contributed by atoms with Crippen LogP contribution >= 0.6 is 0 Å². The van der Waals surface area contributed by atoms with E-state index in [0.717, 1.165) is 6.07 Å². The lowest BCUT2D eigenvalue weighted by molar-refractivity contribution is -0.274. The van der Waals surface area contributed by atoms with E-state index in [4.69, 9.17) is 4.74 Å². The Kier molecular flexibility index (Phi) is 5.66. The summed E-state index contributed by atoms with van der Waals surface area (Å²) in [6.07, 6.45) is -4.93. The molecule has 1 aromatic heterocycles. The number of nitrogens with one attached hydrogen (secondary N) is 2. The van der Waals surface area contributed by atoms with Crippen molar-refractivity contribution in [1.29, 1.82) is 0 Å². The summed E-state index contributed by atoms with van der Waals surface area (Å²) in [6.45, 7) is -0.187. The van der Waals surface area contributed by atoms with Crippen LogP contribution in [0.15, 0.2) is 42.5 Å². The van der Waals surface area contributed by atoms with E-state index < -0.39 is 23.8 Å². The van der Waals surface area contributed by atoms with Gasteiger partial charge in [-0.15, -0.1) is 13.2 Å². The van der Waals surface area contributed by atoms with Crippen LogP contribution in [-0.2, 0) is 6.54 Å². The average Bonchev–Trinajstić information content (AvgIpc) is 3.14. The molecule has 1 heterocycles. The number of benzene rings is 2. The van der Waals surface area contributed by atoms with E-state index in [0.29, 0.717) is 11.3 Å². The second kappa shape index (κ2) is 8.17. The number of nitrogens with zero attached hydrogens (tertiary/aromatic N) is 2. The van der Waals surface area contributed by atoms with Crippen LogP contribution in [-0.4, -0.2) is 34.6 Å². The van der Waals surface area contributed by atoms with Crippen molar-refractivity contribution in [2.75, 3.05) is 7.11 Å². The number of aromatic nitrogens is 3. The van der Waals surface area contributed by atoms with Crippen molar-refractivity contribution in [3.8, 4) is 22.9 Å². The maximum absolute atomic E-state index is 13.5. The normalized spacial score (nSPS) is 11.2. The fourth-order valence-corrected chi connectivity index (χ4v) is 2.48. The number of ether oxygens (including phenoxy) is 2. The zero-order valence-electron chi connectivity index (χ0n) is 14.9. The number of H-pyrrole nitrogens is 1. The Morgan fingerprint density at radius 3 is 2.66 bits per heavy atom. The van der Waals surface area contributed by atoms with Crippen molar-refractivity contribution < 1.29 is 31.8 Å². The highest BCUT2D eigenvalue weighted by Gasteiger charge is 2.32. The maximum Gasteiger partial charge on any atom is 0.573 e. The molecular weight excluding hydrogens is 396 g/mol. The van der Waals surface area contributed by atoms with E-state index in [1.54, 1.807) is 0 Å². The highest BCUT2D eigenvalue weighted by Crippen LogP contribution is 2.28. The summed E-state index contributed by atoms with van der Waals surface area (Å²) in [4.78, 5) is 16.4. The molecule has 0 bridgehead atoms. The molecular formula is C18H14F4N4O3. The van der Waals surface area contributed by atoms with Gasteiger partial charge in [0.15, 0.2) is 11.6 Å². The standard InChI is InChI=1S/C18H14F4N4O3/c1-28-13-7-6-10(19)8-12(13)16-24-15(25-26-16)9-23-17(27)11-4-2-3-5-14(11)29-18(20,21)22/h2-8H,9H2,1H3,(H,23,27)(H,24,25,26). The number of carbonyl (C=O) groups excluding carboxylic acids is 1. The molecule has 0 saturated carbocycles. The first-order valence-electron chi connectivity index (χ1n) is 8.15. The van der Waals surface area contributed by atoms with Gasteiger partial charge in [-0.25, -0.2) is 9.37 Å². The van der Waals surface area contributed by atoms with Gasteiger partial charge in [-0.3, -0.25) is 9.89 Å². The van der Waals surface area contributed by atoms with Gasteiger partial charge >= 0.3 is 6.36 Å². The SMILES string of the molecule is COc1ccc(F)cc1-c1nc(CNC(=O)c2ccccc2OC(F)(F)F)n[nH]1. The number of methoxy groups -OCH3 is 1. The first kappa shape index (κ1) is 20.1. The van der Waals surface area contributed by atoms with Gasteiger partial charge in [0.25, 0.3) is 5.91 Å². The third kappa shape index (κ3) is 5.00. The van der Waals surface area contributed by atoms with Gasteiger partial charge in [0.05, 0.1) is 24.8 Å². The molecule has 0 unspecified atom stereocenters. The minimum atomic E-state index is -4.93. The summed E-state index contributed by atoms with van der Waals surface area (Å²) in [5, 5.41) is 8.91. The topological polar surface area (TPSA) is 89.1 Å². The van der Waals surface area contributed by atoms with Crippen molar-refractivity contribution >= 4 is 5.91 Å². The van der Waals surface area contributed by atoms with E-state index in [-0.39, 0.29) is 23.8 Å². The number of halogens is 4. The zero-order chi connectivity index (χ0) is 21.0. The van der Waals surface area contributed by atoms with Crippen LogP contribution in [0.5, 0.6) is 11.5 Å². The third-order valence-electron chi connectivity index (χ3n) is 3.71. The van der Waals surface area contributed by atoms with Gasteiger partial charge in [-0.2, -0.15) is 5.10 Å². The molecule has 0 saturated heterocycles. The molecule has 0 atom stereocenters. The number of amides is 1. The lowest BCUT2D eigenvalue weighted by atomic mass is 10.2. The number of hydrogen-bond acceptors (Lipinski definition) is 5. The fourth-order valence-electron chi connectivity index (χ4n) is 2.48. The molecule has 1 amide bonds. The number of rotatable bonds is 6. The van der Waals surface area contributed by atoms with Crippen LogP contribution in [0.25, 0.3) is 11.4 Å². The van der Waals surface area contributed by atoms with Crippen molar-refractivity contribution in [2.45, 2.75) is 12.9 Å². The Bertz CT molecular complexity index is 1020. The molecule has 0 aliphatic heterocycles.